The van der Waals surface area contributed by atoms with Crippen LogP contribution in [0.2, 0.25) is 0 Å². The van der Waals surface area contributed by atoms with Crippen LogP contribution in [0.5, 0.6) is 0 Å². The van der Waals surface area contributed by atoms with Crippen molar-refractivity contribution in [3.05, 3.63) is 170 Å². The van der Waals surface area contributed by atoms with Gasteiger partial charge in [-0.25, -0.2) is 9.97 Å². The van der Waals surface area contributed by atoms with Gasteiger partial charge in [-0.2, -0.15) is 0 Å². The van der Waals surface area contributed by atoms with Crippen LogP contribution < -0.4 is 0 Å². The average Bonchev–Trinajstić information content (AvgIpc) is 3.69. The van der Waals surface area contributed by atoms with E-state index in [2.05, 4.69) is 155 Å². The molecule has 3 aromatic heterocycles. The van der Waals surface area contributed by atoms with Gasteiger partial charge in [-0.3, -0.25) is 0 Å². The van der Waals surface area contributed by atoms with E-state index in [1.165, 1.54) is 37.8 Å². The third-order valence-corrected chi connectivity index (χ3v) is 9.54. The second kappa shape index (κ2) is 10.5. The molecule has 0 aliphatic carbocycles. The van der Waals surface area contributed by atoms with E-state index < -0.39 is 0 Å². The van der Waals surface area contributed by atoms with Gasteiger partial charge in [-0.15, -0.1) is 0 Å². The molecule has 0 saturated heterocycles. The molecule has 0 atom stereocenters. The fraction of sp³-hybridized carbons (Fsp3) is 0. The third kappa shape index (κ3) is 3.83. The SMILES string of the molecule is c1ccc(-c2ncc(-n3c4c5ccccc5c5ccccc5c4c4c3c3ccccc3n4-c3ccccc3)c(-c3ccccc3)n2)cc1. The number of nitrogens with zero attached hydrogens (tertiary/aromatic N) is 4. The van der Waals surface area contributed by atoms with E-state index in [9.17, 15) is 0 Å². The minimum atomic E-state index is 0.702. The molecule has 4 heteroatoms. The summed E-state index contributed by atoms with van der Waals surface area (Å²) < 4.78 is 4.88. The van der Waals surface area contributed by atoms with Crippen LogP contribution in [0.3, 0.4) is 0 Å². The number of fused-ring (bicyclic) bond motifs is 10. The molecule has 0 bridgehead atoms. The molecule has 3 heterocycles. The van der Waals surface area contributed by atoms with Crippen molar-refractivity contribution in [1.29, 1.82) is 0 Å². The Bertz CT molecular complexity index is 2810. The Morgan fingerprint density at radius 1 is 0.396 bits per heavy atom. The van der Waals surface area contributed by atoms with Crippen LogP contribution in [0.15, 0.2) is 170 Å². The van der Waals surface area contributed by atoms with Gasteiger partial charge >= 0.3 is 0 Å². The Labute approximate surface area is 276 Å². The van der Waals surface area contributed by atoms with Crippen molar-refractivity contribution in [2.24, 2.45) is 0 Å². The lowest BCUT2D eigenvalue weighted by atomic mass is 9.97. The average molecular weight is 613 g/mol. The molecule has 4 nitrogen and oxygen atoms in total. The van der Waals surface area contributed by atoms with Crippen LogP contribution in [0, 0.1) is 0 Å². The zero-order valence-corrected chi connectivity index (χ0v) is 26.0. The lowest BCUT2D eigenvalue weighted by molar-refractivity contribution is 1.09. The van der Waals surface area contributed by atoms with Gasteiger partial charge < -0.3 is 9.13 Å². The molecular weight excluding hydrogens is 585 g/mol. The summed E-state index contributed by atoms with van der Waals surface area (Å²) in [6.07, 6.45) is 2.02. The third-order valence-electron chi connectivity index (χ3n) is 9.54. The molecule has 0 spiro atoms. The highest BCUT2D eigenvalue weighted by atomic mass is 15.1. The standard InChI is InChI=1S/C44H28N4/c1-4-16-29(17-5-1)40-38(28-45-44(46-40)30-18-6-2-7-19-30)48-41-35-25-13-11-23-33(35)32-22-10-12-24-34(32)39(41)43-42(48)36-26-14-15-27-37(36)47(43)31-20-8-3-9-21-31/h1-28H. The van der Waals surface area contributed by atoms with Gasteiger partial charge in [0.15, 0.2) is 5.82 Å². The molecule has 224 valence electrons. The molecule has 0 amide bonds. The van der Waals surface area contributed by atoms with Crippen molar-refractivity contribution in [2.75, 3.05) is 0 Å². The van der Waals surface area contributed by atoms with Crippen LogP contribution in [0.25, 0.3) is 88.4 Å². The largest absolute Gasteiger partial charge is 0.307 e. The van der Waals surface area contributed by atoms with Gasteiger partial charge in [0.1, 0.15) is 0 Å². The Balaban J connectivity index is 1.48. The number of benzene rings is 7. The Kier molecular flexibility index (Phi) is 5.84. The Hall–Kier alpha value is -6.52. The summed E-state index contributed by atoms with van der Waals surface area (Å²) in [5, 5.41) is 7.26. The Morgan fingerprint density at radius 3 is 1.65 bits per heavy atom. The van der Waals surface area contributed by atoms with Crippen LogP contribution in [0.4, 0.5) is 0 Å². The number of para-hydroxylation sites is 2. The van der Waals surface area contributed by atoms with Gasteiger partial charge in [-0.05, 0) is 34.4 Å². The summed E-state index contributed by atoms with van der Waals surface area (Å²) in [6.45, 7) is 0. The van der Waals surface area contributed by atoms with E-state index in [1.807, 2.05) is 24.4 Å². The maximum atomic E-state index is 5.33. The summed E-state index contributed by atoms with van der Waals surface area (Å²) in [5.41, 5.74) is 9.60. The van der Waals surface area contributed by atoms with Crippen LogP contribution in [-0.2, 0) is 0 Å². The molecule has 0 radical (unpaired) electrons. The molecule has 0 aliphatic heterocycles. The highest BCUT2D eigenvalue weighted by molar-refractivity contribution is 6.34. The van der Waals surface area contributed by atoms with Gasteiger partial charge in [0.25, 0.3) is 0 Å². The molecular formula is C44H28N4. The number of rotatable bonds is 4. The van der Waals surface area contributed by atoms with Gasteiger partial charge in [0.2, 0.25) is 0 Å². The minimum Gasteiger partial charge on any atom is -0.307 e. The highest BCUT2D eigenvalue weighted by Crippen LogP contribution is 2.47. The predicted molar refractivity (Wildman–Crippen MR) is 199 cm³/mol. The molecule has 10 aromatic rings. The zero-order valence-electron chi connectivity index (χ0n) is 26.0. The van der Waals surface area contributed by atoms with Crippen LogP contribution in [-0.4, -0.2) is 19.1 Å². The molecule has 0 fully saturated rings. The van der Waals surface area contributed by atoms with Gasteiger partial charge in [-0.1, -0.05) is 146 Å². The molecule has 0 unspecified atom stereocenters. The van der Waals surface area contributed by atoms with Crippen molar-refractivity contribution < 1.29 is 0 Å². The first-order valence-corrected chi connectivity index (χ1v) is 16.3. The summed E-state index contributed by atoms with van der Waals surface area (Å²) in [6, 6.07) is 57.8. The fourth-order valence-corrected chi connectivity index (χ4v) is 7.55. The predicted octanol–water partition coefficient (Wildman–Crippen LogP) is 11.2. The van der Waals surface area contributed by atoms with Gasteiger partial charge in [0, 0.05) is 33.0 Å². The molecule has 10 rings (SSSR count). The van der Waals surface area contributed by atoms with E-state index in [0.717, 1.165) is 44.7 Å². The highest BCUT2D eigenvalue weighted by Gasteiger charge is 2.27. The smallest absolute Gasteiger partial charge is 0.159 e. The first-order chi connectivity index (χ1) is 23.9. The normalized spacial score (nSPS) is 11.8. The quantitative estimate of drug-likeness (QED) is 0.185. The topological polar surface area (TPSA) is 35.6 Å². The molecule has 0 aliphatic rings. The summed E-state index contributed by atoms with van der Waals surface area (Å²) in [7, 11) is 0. The van der Waals surface area contributed by atoms with Crippen LogP contribution >= 0.6 is 0 Å². The summed E-state index contributed by atoms with van der Waals surface area (Å²) in [4.78, 5) is 10.4. The van der Waals surface area contributed by atoms with E-state index in [4.69, 9.17) is 9.97 Å². The second-order valence-electron chi connectivity index (χ2n) is 12.2. The Morgan fingerprint density at radius 2 is 0.938 bits per heavy atom. The first kappa shape index (κ1) is 26.7. The second-order valence-corrected chi connectivity index (χ2v) is 12.2. The van der Waals surface area contributed by atoms with E-state index in [1.54, 1.807) is 0 Å². The van der Waals surface area contributed by atoms with Gasteiger partial charge in [0.05, 0.1) is 39.6 Å². The summed E-state index contributed by atoms with van der Waals surface area (Å²) >= 11 is 0. The van der Waals surface area contributed by atoms with E-state index >= 15 is 0 Å². The first-order valence-electron chi connectivity index (χ1n) is 16.3. The number of aromatic nitrogens is 4. The molecule has 48 heavy (non-hydrogen) atoms. The van der Waals surface area contributed by atoms with Crippen molar-refractivity contribution in [1.82, 2.24) is 19.1 Å². The maximum absolute atomic E-state index is 5.33. The summed E-state index contributed by atoms with van der Waals surface area (Å²) in [5.74, 6) is 0.702. The van der Waals surface area contributed by atoms with Crippen LogP contribution in [0.1, 0.15) is 0 Å². The fourth-order valence-electron chi connectivity index (χ4n) is 7.55. The van der Waals surface area contributed by atoms with E-state index in [-0.39, 0.29) is 0 Å². The van der Waals surface area contributed by atoms with Crippen molar-refractivity contribution in [2.45, 2.75) is 0 Å². The van der Waals surface area contributed by atoms with Crippen molar-refractivity contribution >= 4 is 54.4 Å². The molecule has 0 saturated carbocycles. The minimum absolute atomic E-state index is 0.702. The number of hydrogen-bond acceptors (Lipinski definition) is 2. The zero-order chi connectivity index (χ0) is 31.6. The van der Waals surface area contributed by atoms with Crippen molar-refractivity contribution in [3.8, 4) is 34.0 Å². The molecule has 7 aromatic carbocycles. The molecule has 0 N–H and O–H groups in total. The van der Waals surface area contributed by atoms with E-state index in [0.29, 0.717) is 5.82 Å². The monoisotopic (exact) mass is 612 g/mol. The number of hydrogen-bond donors (Lipinski definition) is 0. The lowest BCUT2D eigenvalue weighted by Crippen LogP contribution is -2.03. The van der Waals surface area contributed by atoms with Crippen molar-refractivity contribution in [3.63, 3.8) is 0 Å². The maximum Gasteiger partial charge on any atom is 0.159 e. The lowest BCUT2D eigenvalue weighted by Gasteiger charge is -2.16.